The van der Waals surface area contributed by atoms with Gasteiger partial charge in [0.1, 0.15) is 11.5 Å². The van der Waals surface area contributed by atoms with Crippen LogP contribution in [0.5, 0.6) is 11.5 Å². The van der Waals surface area contributed by atoms with Crippen LogP contribution in [0.3, 0.4) is 0 Å². The molecule has 18 heavy (non-hydrogen) atoms. The fourth-order valence-corrected chi connectivity index (χ4v) is 1.69. The number of hydrogen-bond acceptors (Lipinski definition) is 2. The van der Waals surface area contributed by atoms with E-state index in [-0.39, 0.29) is 18.4 Å². The number of benzene rings is 2. The predicted molar refractivity (Wildman–Crippen MR) is 77.8 cm³/mol. The smallest absolute Gasteiger partial charge is 0.128 e. The van der Waals surface area contributed by atoms with Crippen LogP contribution in [0.25, 0.3) is 0 Å². The van der Waals surface area contributed by atoms with Crippen LogP contribution in [-0.4, -0.2) is 0 Å². The van der Waals surface area contributed by atoms with Gasteiger partial charge in [-0.3, -0.25) is 0 Å². The Morgan fingerprint density at radius 2 is 1.72 bits per heavy atom. The third-order valence-corrected chi connectivity index (χ3v) is 2.67. The lowest BCUT2D eigenvalue weighted by Crippen LogP contribution is -2.04. The topological polar surface area (TPSA) is 35.2 Å². The molecule has 96 valence electrons. The minimum Gasteiger partial charge on any atom is -0.457 e. The van der Waals surface area contributed by atoms with Crippen molar-refractivity contribution >= 4 is 24.0 Å². The molecule has 0 saturated carbocycles. The third-order valence-electron chi connectivity index (χ3n) is 2.44. The largest absolute Gasteiger partial charge is 0.457 e. The summed E-state index contributed by atoms with van der Waals surface area (Å²) in [6.07, 6.45) is 0. The summed E-state index contributed by atoms with van der Waals surface area (Å²) < 4.78 is 5.67. The van der Waals surface area contributed by atoms with Crippen LogP contribution < -0.4 is 10.5 Å². The van der Waals surface area contributed by atoms with Crippen molar-refractivity contribution in [3.8, 4) is 11.5 Å². The van der Waals surface area contributed by atoms with Crippen LogP contribution in [0.4, 0.5) is 0 Å². The van der Waals surface area contributed by atoms with Crippen molar-refractivity contribution in [1.82, 2.24) is 0 Å². The Balaban J connectivity index is 0.00000162. The Bertz CT molecular complexity index is 497. The number of hydrogen-bond donors (Lipinski definition) is 1. The maximum absolute atomic E-state index is 5.88. The molecular formula is C14H15Cl2NO. The van der Waals surface area contributed by atoms with Gasteiger partial charge in [-0.15, -0.1) is 12.4 Å². The highest BCUT2D eigenvalue weighted by Crippen LogP contribution is 2.25. The molecule has 0 aromatic heterocycles. The van der Waals surface area contributed by atoms with E-state index in [0.717, 1.165) is 17.1 Å². The monoisotopic (exact) mass is 283 g/mol. The normalized spacial score (nSPS) is 11.5. The highest BCUT2D eigenvalue weighted by atomic mass is 35.5. The molecule has 0 aliphatic heterocycles. The van der Waals surface area contributed by atoms with Crippen LogP contribution in [0, 0.1) is 0 Å². The Labute approximate surface area is 118 Å². The second-order valence-electron chi connectivity index (χ2n) is 3.92. The van der Waals surface area contributed by atoms with E-state index >= 15 is 0 Å². The van der Waals surface area contributed by atoms with Crippen molar-refractivity contribution in [3.05, 3.63) is 59.1 Å². The minimum atomic E-state index is 0. The van der Waals surface area contributed by atoms with Gasteiger partial charge < -0.3 is 10.5 Å². The van der Waals surface area contributed by atoms with E-state index in [4.69, 9.17) is 22.1 Å². The molecule has 0 heterocycles. The maximum Gasteiger partial charge on any atom is 0.128 e. The molecule has 0 aliphatic carbocycles. The molecule has 2 rings (SSSR count). The van der Waals surface area contributed by atoms with Crippen molar-refractivity contribution in [3.63, 3.8) is 0 Å². The van der Waals surface area contributed by atoms with Gasteiger partial charge in [-0.05, 0) is 42.8 Å². The van der Waals surface area contributed by atoms with Crippen LogP contribution in [0.2, 0.25) is 5.02 Å². The fraction of sp³-hybridized carbons (Fsp3) is 0.143. The van der Waals surface area contributed by atoms with E-state index in [1.165, 1.54) is 0 Å². The summed E-state index contributed by atoms with van der Waals surface area (Å²) in [5, 5.41) is 0.662. The fourth-order valence-electron chi connectivity index (χ4n) is 1.51. The van der Waals surface area contributed by atoms with Crippen LogP contribution in [0.1, 0.15) is 18.5 Å². The quantitative estimate of drug-likeness (QED) is 0.895. The van der Waals surface area contributed by atoms with E-state index in [0.29, 0.717) is 5.02 Å². The summed E-state index contributed by atoms with van der Waals surface area (Å²) in [4.78, 5) is 0. The summed E-state index contributed by atoms with van der Waals surface area (Å²) in [5.74, 6) is 1.50. The first kappa shape index (κ1) is 14.8. The Morgan fingerprint density at radius 1 is 1.06 bits per heavy atom. The lowest BCUT2D eigenvalue weighted by Gasteiger charge is -2.08. The van der Waals surface area contributed by atoms with Crippen LogP contribution >= 0.6 is 24.0 Å². The van der Waals surface area contributed by atoms with Gasteiger partial charge in [0.05, 0.1) is 0 Å². The molecule has 1 atom stereocenters. The van der Waals surface area contributed by atoms with Gasteiger partial charge in [0.25, 0.3) is 0 Å². The average molecular weight is 284 g/mol. The van der Waals surface area contributed by atoms with E-state index in [9.17, 15) is 0 Å². The second-order valence-corrected chi connectivity index (χ2v) is 4.35. The molecule has 0 aliphatic rings. The highest BCUT2D eigenvalue weighted by molar-refractivity contribution is 6.30. The zero-order chi connectivity index (χ0) is 12.3. The molecule has 2 N–H and O–H groups in total. The van der Waals surface area contributed by atoms with E-state index in [2.05, 4.69) is 0 Å². The van der Waals surface area contributed by atoms with Crippen molar-refractivity contribution < 1.29 is 4.74 Å². The third kappa shape index (κ3) is 3.91. The van der Waals surface area contributed by atoms with E-state index < -0.39 is 0 Å². The molecule has 1 unspecified atom stereocenters. The van der Waals surface area contributed by atoms with Gasteiger partial charge in [-0.25, -0.2) is 0 Å². The molecule has 4 heteroatoms. The van der Waals surface area contributed by atoms with Crippen molar-refractivity contribution in [2.45, 2.75) is 13.0 Å². The molecule has 2 aromatic carbocycles. The van der Waals surface area contributed by atoms with Gasteiger partial charge in [0.15, 0.2) is 0 Å². The van der Waals surface area contributed by atoms with Gasteiger partial charge in [0.2, 0.25) is 0 Å². The first-order valence-corrected chi connectivity index (χ1v) is 5.82. The molecular weight excluding hydrogens is 269 g/mol. The van der Waals surface area contributed by atoms with E-state index in [1.54, 1.807) is 6.07 Å². The number of rotatable bonds is 3. The lowest BCUT2D eigenvalue weighted by molar-refractivity contribution is 0.482. The average Bonchev–Trinajstić information content (AvgIpc) is 2.29. The first-order chi connectivity index (χ1) is 8.15. The van der Waals surface area contributed by atoms with Crippen LogP contribution in [0.15, 0.2) is 48.5 Å². The number of halogens is 2. The Hall–Kier alpha value is -1.22. The number of nitrogens with two attached hydrogens (primary N) is 1. The molecule has 0 radical (unpaired) electrons. The zero-order valence-electron chi connectivity index (χ0n) is 9.97. The Morgan fingerprint density at radius 3 is 2.28 bits per heavy atom. The molecule has 0 bridgehead atoms. The predicted octanol–water partition coefficient (Wildman–Crippen LogP) is 4.57. The molecule has 0 spiro atoms. The second kappa shape index (κ2) is 6.64. The summed E-state index contributed by atoms with van der Waals surface area (Å²) in [6, 6.07) is 15.1. The molecule has 0 fully saturated rings. The van der Waals surface area contributed by atoms with Gasteiger partial charge in [-0.2, -0.15) is 0 Å². The lowest BCUT2D eigenvalue weighted by atomic mass is 10.1. The van der Waals surface area contributed by atoms with Crippen molar-refractivity contribution in [2.75, 3.05) is 0 Å². The summed E-state index contributed by atoms with van der Waals surface area (Å²) in [5.41, 5.74) is 6.86. The van der Waals surface area contributed by atoms with Gasteiger partial charge in [-0.1, -0.05) is 29.8 Å². The van der Waals surface area contributed by atoms with Gasteiger partial charge >= 0.3 is 0 Å². The summed E-state index contributed by atoms with van der Waals surface area (Å²) in [7, 11) is 0. The molecule has 0 saturated heterocycles. The summed E-state index contributed by atoms with van der Waals surface area (Å²) in [6.45, 7) is 1.95. The number of ether oxygens (including phenoxy) is 1. The maximum atomic E-state index is 5.88. The van der Waals surface area contributed by atoms with E-state index in [1.807, 2.05) is 49.4 Å². The zero-order valence-corrected chi connectivity index (χ0v) is 11.5. The van der Waals surface area contributed by atoms with Gasteiger partial charge in [0, 0.05) is 11.1 Å². The minimum absolute atomic E-state index is 0. The molecule has 0 amide bonds. The Kier molecular flexibility index (Phi) is 5.48. The SMILES string of the molecule is CC(N)c1ccc(Oc2cccc(Cl)c2)cc1.Cl. The molecule has 2 nitrogen and oxygen atoms in total. The van der Waals surface area contributed by atoms with Crippen LogP contribution in [-0.2, 0) is 0 Å². The summed E-state index contributed by atoms with van der Waals surface area (Å²) >= 11 is 5.88. The van der Waals surface area contributed by atoms with Crippen molar-refractivity contribution in [1.29, 1.82) is 0 Å². The first-order valence-electron chi connectivity index (χ1n) is 5.44. The molecule has 2 aromatic rings. The standard InChI is InChI=1S/C14H14ClNO.ClH/c1-10(16)11-5-7-13(8-6-11)17-14-4-2-3-12(15)9-14;/h2-10H,16H2,1H3;1H. The van der Waals surface area contributed by atoms with Crippen molar-refractivity contribution in [2.24, 2.45) is 5.73 Å². The highest BCUT2D eigenvalue weighted by Gasteiger charge is 2.01.